The first-order chi connectivity index (χ1) is 13.1. The van der Waals surface area contributed by atoms with Gasteiger partial charge in [-0.1, -0.05) is 11.6 Å². The van der Waals surface area contributed by atoms with Crippen molar-refractivity contribution >= 4 is 35.0 Å². The summed E-state index contributed by atoms with van der Waals surface area (Å²) in [4.78, 5) is 18.0. The Labute approximate surface area is 166 Å². The topological polar surface area (TPSA) is 70.7 Å². The Bertz CT molecular complexity index is 935. The van der Waals surface area contributed by atoms with Gasteiger partial charge in [-0.15, -0.1) is 11.8 Å². The number of aromatic amines is 1. The van der Waals surface area contributed by atoms with E-state index in [0.717, 1.165) is 22.0 Å². The van der Waals surface area contributed by atoms with Crippen LogP contribution in [-0.4, -0.2) is 26.3 Å². The third-order valence-corrected chi connectivity index (χ3v) is 5.74. The van der Waals surface area contributed by atoms with Crippen LogP contribution in [0.4, 0.5) is 5.69 Å². The minimum absolute atomic E-state index is 0.0448. The van der Waals surface area contributed by atoms with Gasteiger partial charge < -0.3 is 5.32 Å². The molecule has 1 fully saturated rings. The Morgan fingerprint density at radius 2 is 1.89 bits per heavy atom. The first-order valence-electron chi connectivity index (χ1n) is 8.84. The molecule has 1 amide bonds. The van der Waals surface area contributed by atoms with Crippen molar-refractivity contribution in [2.24, 2.45) is 0 Å². The number of H-pyrrole nitrogens is 1. The zero-order valence-electron chi connectivity index (χ0n) is 14.8. The third kappa shape index (κ3) is 4.51. The molecule has 2 N–H and O–H groups in total. The average molecular weight is 399 g/mol. The fourth-order valence-corrected chi connectivity index (χ4v) is 3.65. The number of benzene rings is 2. The average Bonchev–Trinajstić information content (AvgIpc) is 3.41. The lowest BCUT2D eigenvalue weighted by Crippen LogP contribution is -2.22. The fraction of sp³-hybridized carbons (Fsp3) is 0.250. The Kier molecular flexibility index (Phi) is 5.18. The van der Waals surface area contributed by atoms with Crippen LogP contribution in [0.2, 0.25) is 5.02 Å². The van der Waals surface area contributed by atoms with E-state index in [4.69, 9.17) is 11.6 Å². The molecule has 1 aliphatic carbocycles. The van der Waals surface area contributed by atoms with Gasteiger partial charge in [-0.2, -0.15) is 5.10 Å². The molecule has 5 nitrogen and oxygen atoms in total. The van der Waals surface area contributed by atoms with Crippen LogP contribution >= 0.6 is 23.4 Å². The highest BCUT2D eigenvalue weighted by atomic mass is 35.5. The van der Waals surface area contributed by atoms with Gasteiger partial charge in [-0.25, -0.2) is 4.98 Å². The summed E-state index contributed by atoms with van der Waals surface area (Å²) in [5.41, 5.74) is 1.69. The molecule has 0 bridgehead atoms. The zero-order valence-corrected chi connectivity index (χ0v) is 16.3. The molecule has 3 aromatic rings. The predicted molar refractivity (Wildman–Crippen MR) is 109 cm³/mol. The number of halogens is 1. The van der Waals surface area contributed by atoms with Crippen molar-refractivity contribution in [1.29, 1.82) is 0 Å². The van der Waals surface area contributed by atoms with E-state index >= 15 is 0 Å². The van der Waals surface area contributed by atoms with Crippen LogP contribution in [0.1, 0.15) is 31.5 Å². The number of hydrogen-bond donors (Lipinski definition) is 2. The van der Waals surface area contributed by atoms with Crippen LogP contribution in [0, 0.1) is 0 Å². The summed E-state index contributed by atoms with van der Waals surface area (Å²) in [5, 5.41) is 10.7. The third-order valence-electron chi connectivity index (χ3n) is 4.37. The Morgan fingerprint density at radius 3 is 2.56 bits per heavy atom. The van der Waals surface area contributed by atoms with Crippen molar-refractivity contribution in [1.82, 2.24) is 15.2 Å². The minimum atomic E-state index is -0.222. The molecular formula is C20H19ClN4OS. The quantitative estimate of drug-likeness (QED) is 0.565. The number of anilines is 1. The van der Waals surface area contributed by atoms with Gasteiger partial charge in [-0.3, -0.25) is 9.89 Å². The van der Waals surface area contributed by atoms with Gasteiger partial charge in [0, 0.05) is 27.1 Å². The summed E-state index contributed by atoms with van der Waals surface area (Å²) in [7, 11) is 0. The van der Waals surface area contributed by atoms with Crippen molar-refractivity contribution in [3.8, 4) is 11.4 Å². The second-order valence-corrected chi connectivity index (χ2v) is 8.45. The van der Waals surface area contributed by atoms with Crippen LogP contribution in [0.25, 0.3) is 11.4 Å². The number of rotatable bonds is 6. The van der Waals surface area contributed by atoms with Crippen molar-refractivity contribution < 1.29 is 4.79 Å². The maximum absolute atomic E-state index is 12.4. The lowest BCUT2D eigenvalue weighted by atomic mass is 10.2. The maximum Gasteiger partial charge on any atom is 0.237 e. The first kappa shape index (κ1) is 18.1. The van der Waals surface area contributed by atoms with E-state index in [1.54, 1.807) is 0 Å². The monoisotopic (exact) mass is 398 g/mol. The Morgan fingerprint density at radius 1 is 1.19 bits per heavy atom. The Hall–Kier alpha value is -2.31. The van der Waals surface area contributed by atoms with E-state index in [1.165, 1.54) is 24.6 Å². The Balaban J connectivity index is 1.36. The van der Waals surface area contributed by atoms with Crippen LogP contribution in [0.5, 0.6) is 0 Å². The molecule has 1 aromatic heterocycles. The summed E-state index contributed by atoms with van der Waals surface area (Å²) in [6.07, 6.45) is 2.37. The molecule has 1 saturated carbocycles. The number of hydrogen-bond acceptors (Lipinski definition) is 4. The molecule has 138 valence electrons. The second kappa shape index (κ2) is 7.74. The summed E-state index contributed by atoms with van der Waals surface area (Å²) in [6.45, 7) is 1.88. The van der Waals surface area contributed by atoms with E-state index in [2.05, 4.69) is 20.5 Å². The molecule has 0 radical (unpaired) electrons. The zero-order chi connectivity index (χ0) is 18.8. The molecule has 1 atom stereocenters. The van der Waals surface area contributed by atoms with Gasteiger partial charge in [0.05, 0.1) is 5.25 Å². The van der Waals surface area contributed by atoms with Crippen LogP contribution < -0.4 is 5.32 Å². The maximum atomic E-state index is 12.4. The molecule has 4 rings (SSSR count). The summed E-state index contributed by atoms with van der Waals surface area (Å²) >= 11 is 7.39. The van der Waals surface area contributed by atoms with Crippen LogP contribution in [0.15, 0.2) is 53.4 Å². The minimum Gasteiger partial charge on any atom is -0.325 e. The second-order valence-electron chi connectivity index (χ2n) is 6.60. The standard InChI is InChI=1S/C20H19ClN4OS/c1-12(27-17-10-6-15(21)7-11-17)20(26)22-16-8-4-14(5-9-16)19-23-18(24-25-19)13-2-3-13/h4-13H,2-3H2,1H3,(H,22,26)(H,23,24,25). The number of nitrogens with zero attached hydrogens (tertiary/aromatic N) is 2. The van der Waals surface area contributed by atoms with E-state index in [0.29, 0.717) is 16.8 Å². The SMILES string of the molecule is CC(Sc1ccc(Cl)cc1)C(=O)Nc1ccc(-c2n[nH]c(C3CC3)n2)cc1. The molecule has 2 aromatic carbocycles. The van der Waals surface area contributed by atoms with Gasteiger partial charge in [-0.05, 0) is 68.3 Å². The van der Waals surface area contributed by atoms with E-state index < -0.39 is 0 Å². The van der Waals surface area contributed by atoms with E-state index in [1.807, 2.05) is 55.5 Å². The normalized spacial score (nSPS) is 14.7. The molecular weight excluding hydrogens is 380 g/mol. The van der Waals surface area contributed by atoms with Crippen LogP contribution in [-0.2, 0) is 4.79 Å². The molecule has 1 aliphatic rings. The highest BCUT2D eigenvalue weighted by Gasteiger charge is 2.27. The van der Waals surface area contributed by atoms with Crippen molar-refractivity contribution in [2.75, 3.05) is 5.32 Å². The van der Waals surface area contributed by atoms with Gasteiger partial charge in [0.2, 0.25) is 5.91 Å². The number of nitrogens with one attached hydrogen (secondary N) is 2. The molecule has 0 saturated heterocycles. The molecule has 0 aliphatic heterocycles. The molecule has 1 heterocycles. The molecule has 0 spiro atoms. The highest BCUT2D eigenvalue weighted by Crippen LogP contribution is 2.38. The molecule has 1 unspecified atom stereocenters. The van der Waals surface area contributed by atoms with Crippen LogP contribution in [0.3, 0.4) is 0 Å². The van der Waals surface area contributed by atoms with Gasteiger partial charge in [0.25, 0.3) is 0 Å². The van der Waals surface area contributed by atoms with Crippen molar-refractivity contribution in [3.63, 3.8) is 0 Å². The number of carbonyl (C=O) groups excluding carboxylic acids is 1. The van der Waals surface area contributed by atoms with Crippen molar-refractivity contribution in [2.45, 2.75) is 35.8 Å². The lowest BCUT2D eigenvalue weighted by molar-refractivity contribution is -0.115. The molecule has 7 heteroatoms. The number of amides is 1. The van der Waals surface area contributed by atoms with Gasteiger partial charge in [0.15, 0.2) is 5.82 Å². The summed E-state index contributed by atoms with van der Waals surface area (Å²) in [5.74, 6) is 2.16. The van der Waals surface area contributed by atoms with Crippen molar-refractivity contribution in [3.05, 3.63) is 59.4 Å². The summed E-state index contributed by atoms with van der Waals surface area (Å²) < 4.78 is 0. The summed E-state index contributed by atoms with van der Waals surface area (Å²) in [6, 6.07) is 15.1. The number of thioether (sulfide) groups is 1. The van der Waals surface area contributed by atoms with E-state index in [9.17, 15) is 4.79 Å². The number of carbonyl (C=O) groups is 1. The number of aromatic nitrogens is 3. The largest absolute Gasteiger partial charge is 0.325 e. The predicted octanol–water partition coefficient (Wildman–Crippen LogP) is 5.12. The van der Waals surface area contributed by atoms with E-state index in [-0.39, 0.29) is 11.2 Å². The highest BCUT2D eigenvalue weighted by molar-refractivity contribution is 8.00. The van der Waals surface area contributed by atoms with Gasteiger partial charge >= 0.3 is 0 Å². The molecule has 27 heavy (non-hydrogen) atoms. The van der Waals surface area contributed by atoms with Gasteiger partial charge in [0.1, 0.15) is 5.82 Å². The lowest BCUT2D eigenvalue weighted by Gasteiger charge is -2.12. The first-order valence-corrected chi connectivity index (χ1v) is 10.1. The fourth-order valence-electron chi connectivity index (χ4n) is 2.66. The smallest absolute Gasteiger partial charge is 0.237 e.